The molecule has 0 saturated carbocycles. The molecule has 9 nitrogen and oxygen atoms in total. The van der Waals surface area contributed by atoms with Crippen LogP contribution in [-0.4, -0.2) is 34.2 Å². The van der Waals surface area contributed by atoms with Crippen LogP contribution in [0, 0.1) is 0 Å². The fourth-order valence-corrected chi connectivity index (χ4v) is 3.75. The summed E-state index contributed by atoms with van der Waals surface area (Å²) in [7, 11) is 1.26. The lowest BCUT2D eigenvalue weighted by Gasteiger charge is -2.17. The van der Waals surface area contributed by atoms with Gasteiger partial charge in [-0.25, -0.2) is 9.59 Å². The Labute approximate surface area is 218 Å². The lowest BCUT2D eigenvalue weighted by molar-refractivity contribution is 0.0402. The van der Waals surface area contributed by atoms with Gasteiger partial charge in [0.25, 0.3) is 0 Å². The molecule has 0 aliphatic heterocycles. The van der Waals surface area contributed by atoms with Gasteiger partial charge in [0.1, 0.15) is 29.8 Å². The standard InChI is InChI=1S/C29H23N3O6/c1-35-28(33)22-16-23(29(34)38-32-25-15-9-8-14-24(25)30-31-32)27(37-19-21-12-6-3-7-13-21)26(17-22)36-18-20-10-4-2-5-11-20/h2-17H,18-19H2,1H3. The van der Waals surface area contributed by atoms with Crippen molar-refractivity contribution in [2.24, 2.45) is 0 Å². The van der Waals surface area contributed by atoms with Crippen LogP contribution in [0.5, 0.6) is 11.5 Å². The predicted molar refractivity (Wildman–Crippen MR) is 138 cm³/mol. The first kappa shape index (κ1) is 24.5. The third-order valence-electron chi connectivity index (χ3n) is 5.65. The number of esters is 1. The largest absolute Gasteiger partial charge is 0.485 e. The second-order valence-corrected chi connectivity index (χ2v) is 8.22. The van der Waals surface area contributed by atoms with Crippen LogP contribution in [0.15, 0.2) is 97.1 Å². The second-order valence-electron chi connectivity index (χ2n) is 8.22. The number of carbonyl (C=O) groups excluding carboxylic acids is 2. The van der Waals surface area contributed by atoms with Crippen LogP contribution in [0.2, 0.25) is 0 Å². The van der Waals surface area contributed by atoms with Crippen molar-refractivity contribution in [1.29, 1.82) is 0 Å². The van der Waals surface area contributed by atoms with Gasteiger partial charge >= 0.3 is 11.9 Å². The Hall–Kier alpha value is -5.18. The lowest BCUT2D eigenvalue weighted by Crippen LogP contribution is -2.22. The van der Waals surface area contributed by atoms with Gasteiger partial charge in [-0.1, -0.05) is 77.6 Å². The maximum absolute atomic E-state index is 13.5. The molecule has 0 aliphatic rings. The fraction of sp³-hybridized carbons (Fsp3) is 0.103. The van der Waals surface area contributed by atoms with Gasteiger partial charge in [-0.2, -0.15) is 0 Å². The zero-order valence-electron chi connectivity index (χ0n) is 20.4. The molecule has 0 unspecified atom stereocenters. The van der Waals surface area contributed by atoms with E-state index in [0.29, 0.717) is 11.0 Å². The number of methoxy groups -OCH3 is 1. The molecule has 0 fully saturated rings. The summed E-state index contributed by atoms with van der Waals surface area (Å²) < 4.78 is 17.1. The molecule has 0 spiro atoms. The Bertz CT molecular complexity index is 1570. The Balaban J connectivity index is 1.54. The average Bonchev–Trinajstić information content (AvgIpc) is 3.38. The topological polar surface area (TPSA) is 102 Å². The van der Waals surface area contributed by atoms with E-state index in [9.17, 15) is 9.59 Å². The van der Waals surface area contributed by atoms with E-state index in [4.69, 9.17) is 19.0 Å². The van der Waals surface area contributed by atoms with Crippen molar-refractivity contribution in [3.8, 4) is 11.5 Å². The third kappa shape index (κ3) is 5.46. The van der Waals surface area contributed by atoms with Crippen molar-refractivity contribution in [2.75, 3.05) is 7.11 Å². The van der Waals surface area contributed by atoms with E-state index in [1.165, 1.54) is 19.2 Å². The number of nitrogens with zero attached hydrogens (tertiary/aromatic N) is 3. The molecule has 1 aromatic heterocycles. The highest BCUT2D eigenvalue weighted by Gasteiger charge is 2.25. The zero-order valence-corrected chi connectivity index (χ0v) is 20.4. The third-order valence-corrected chi connectivity index (χ3v) is 5.65. The smallest absolute Gasteiger partial charge is 0.369 e. The highest BCUT2D eigenvalue weighted by molar-refractivity contribution is 5.99. The van der Waals surface area contributed by atoms with Crippen molar-refractivity contribution in [1.82, 2.24) is 15.2 Å². The van der Waals surface area contributed by atoms with Crippen molar-refractivity contribution >= 4 is 23.0 Å². The summed E-state index contributed by atoms with van der Waals surface area (Å²) in [5.41, 5.74) is 2.88. The molecule has 0 bridgehead atoms. The molecule has 38 heavy (non-hydrogen) atoms. The van der Waals surface area contributed by atoms with Crippen LogP contribution >= 0.6 is 0 Å². The molecule has 0 atom stereocenters. The Morgan fingerprint density at radius 3 is 2.08 bits per heavy atom. The van der Waals surface area contributed by atoms with Crippen molar-refractivity contribution in [2.45, 2.75) is 13.2 Å². The SMILES string of the molecule is COC(=O)c1cc(OCc2ccccc2)c(OCc2ccccc2)c(C(=O)On2nnc3ccccc32)c1. The summed E-state index contributed by atoms with van der Waals surface area (Å²) in [6.07, 6.45) is 0. The van der Waals surface area contributed by atoms with Gasteiger partial charge in [-0.3, -0.25) is 0 Å². The summed E-state index contributed by atoms with van der Waals surface area (Å²) in [6, 6.07) is 28.8. The molecule has 5 rings (SSSR count). The number of benzene rings is 4. The predicted octanol–water partition coefficient (Wildman–Crippen LogP) is 4.64. The first-order chi connectivity index (χ1) is 18.6. The molecule has 0 saturated heterocycles. The Morgan fingerprint density at radius 1 is 0.763 bits per heavy atom. The second kappa shape index (κ2) is 11.3. The van der Waals surface area contributed by atoms with Gasteiger partial charge in [0, 0.05) is 0 Å². The van der Waals surface area contributed by atoms with Crippen LogP contribution in [-0.2, 0) is 18.0 Å². The minimum atomic E-state index is -0.820. The Morgan fingerprint density at radius 2 is 1.39 bits per heavy atom. The summed E-state index contributed by atoms with van der Waals surface area (Å²) in [4.78, 5) is 32.5. The molecule has 0 aliphatic carbocycles. The van der Waals surface area contributed by atoms with E-state index in [1.807, 2.05) is 60.7 Å². The molecular weight excluding hydrogens is 486 g/mol. The first-order valence-electron chi connectivity index (χ1n) is 11.8. The zero-order chi connectivity index (χ0) is 26.3. The van der Waals surface area contributed by atoms with Gasteiger partial charge in [0.15, 0.2) is 11.5 Å². The summed E-state index contributed by atoms with van der Waals surface area (Å²) >= 11 is 0. The number of carbonyl (C=O) groups is 2. The molecule has 9 heteroatoms. The van der Waals surface area contributed by atoms with Gasteiger partial charge in [-0.05, 0) is 40.6 Å². The van der Waals surface area contributed by atoms with Crippen LogP contribution in [0.3, 0.4) is 0 Å². The number of fused-ring (bicyclic) bond motifs is 1. The van der Waals surface area contributed by atoms with E-state index in [2.05, 4.69) is 10.3 Å². The molecule has 0 N–H and O–H groups in total. The van der Waals surface area contributed by atoms with E-state index >= 15 is 0 Å². The number of rotatable bonds is 9. The highest BCUT2D eigenvalue weighted by atomic mass is 16.7. The molecule has 0 radical (unpaired) electrons. The van der Waals surface area contributed by atoms with Crippen molar-refractivity contribution in [3.05, 3.63) is 119 Å². The fourth-order valence-electron chi connectivity index (χ4n) is 3.75. The van der Waals surface area contributed by atoms with E-state index < -0.39 is 11.9 Å². The number of ether oxygens (including phenoxy) is 3. The maximum atomic E-state index is 13.5. The Kier molecular flexibility index (Phi) is 7.26. The van der Waals surface area contributed by atoms with Crippen LogP contribution < -0.4 is 14.3 Å². The number of para-hydroxylation sites is 1. The minimum Gasteiger partial charge on any atom is -0.485 e. The first-order valence-corrected chi connectivity index (χ1v) is 11.8. The van der Waals surface area contributed by atoms with Gasteiger partial charge in [0.05, 0.1) is 12.7 Å². The molecular formula is C29H23N3O6. The van der Waals surface area contributed by atoms with Crippen molar-refractivity contribution in [3.63, 3.8) is 0 Å². The quantitative estimate of drug-likeness (QED) is 0.209. The maximum Gasteiger partial charge on any atom is 0.369 e. The molecule has 4 aromatic carbocycles. The highest BCUT2D eigenvalue weighted by Crippen LogP contribution is 2.35. The number of hydrogen-bond acceptors (Lipinski definition) is 8. The van der Waals surface area contributed by atoms with Gasteiger partial charge in [0.2, 0.25) is 0 Å². The molecule has 1 heterocycles. The normalized spacial score (nSPS) is 10.7. The van der Waals surface area contributed by atoms with Gasteiger partial charge < -0.3 is 19.0 Å². The lowest BCUT2D eigenvalue weighted by atomic mass is 10.1. The monoisotopic (exact) mass is 509 g/mol. The summed E-state index contributed by atoms with van der Waals surface area (Å²) in [5.74, 6) is -1.17. The van der Waals surface area contributed by atoms with Crippen molar-refractivity contribution < 1.29 is 28.6 Å². The van der Waals surface area contributed by atoms with E-state index in [0.717, 1.165) is 16.0 Å². The molecule has 0 amide bonds. The number of hydrogen-bond donors (Lipinski definition) is 0. The van der Waals surface area contributed by atoms with Gasteiger partial charge in [-0.15, -0.1) is 5.10 Å². The van der Waals surface area contributed by atoms with Crippen LogP contribution in [0.1, 0.15) is 31.8 Å². The van der Waals surface area contributed by atoms with Crippen LogP contribution in [0.25, 0.3) is 11.0 Å². The van der Waals surface area contributed by atoms with E-state index in [1.54, 1.807) is 24.3 Å². The summed E-state index contributed by atoms with van der Waals surface area (Å²) in [5, 5.41) is 7.93. The summed E-state index contributed by atoms with van der Waals surface area (Å²) in [6.45, 7) is 0.321. The van der Waals surface area contributed by atoms with Crippen LogP contribution in [0.4, 0.5) is 0 Å². The molecule has 5 aromatic rings. The minimum absolute atomic E-state index is 0.0357. The number of aromatic nitrogens is 3. The average molecular weight is 510 g/mol. The van der Waals surface area contributed by atoms with E-state index in [-0.39, 0.29) is 35.8 Å². The molecule has 190 valence electrons.